The molecule has 2 rings (SSSR count). The van der Waals surface area contributed by atoms with E-state index in [1.807, 2.05) is 37.8 Å². The lowest BCUT2D eigenvalue weighted by molar-refractivity contribution is -0.137. The average molecular weight is 382 g/mol. The van der Waals surface area contributed by atoms with Crippen molar-refractivity contribution in [2.45, 2.75) is 53.1 Å². The summed E-state index contributed by atoms with van der Waals surface area (Å²) in [6.45, 7) is 11.3. The monoisotopic (exact) mass is 381 g/mol. The molecule has 1 aliphatic rings. The van der Waals surface area contributed by atoms with Gasteiger partial charge in [-0.05, 0) is 36.8 Å². The van der Waals surface area contributed by atoms with Gasteiger partial charge in [-0.1, -0.05) is 45.4 Å². The van der Waals surface area contributed by atoms with E-state index in [-0.39, 0.29) is 41.6 Å². The van der Waals surface area contributed by atoms with Crippen molar-refractivity contribution in [1.82, 2.24) is 10.2 Å². The lowest BCUT2D eigenvalue weighted by Crippen LogP contribution is -2.59. The van der Waals surface area contributed by atoms with E-state index in [0.717, 1.165) is 12.0 Å². The quantitative estimate of drug-likeness (QED) is 0.841. The van der Waals surface area contributed by atoms with Gasteiger partial charge in [-0.3, -0.25) is 9.59 Å². The molecule has 2 amide bonds. The number of nitrogens with zero attached hydrogens (tertiary/aromatic N) is 1. The van der Waals surface area contributed by atoms with Crippen LogP contribution in [0.5, 0.6) is 0 Å². The summed E-state index contributed by atoms with van der Waals surface area (Å²) in [5.41, 5.74) is 7.73. The average Bonchev–Trinajstić information content (AvgIpc) is 2.54. The Kier molecular flexibility index (Phi) is 7.66. The molecule has 1 aliphatic heterocycles. The highest BCUT2D eigenvalue weighted by Gasteiger charge is 2.38. The topological polar surface area (TPSA) is 75.4 Å². The van der Waals surface area contributed by atoms with Gasteiger partial charge in [0, 0.05) is 24.7 Å². The molecule has 1 aromatic rings. The minimum absolute atomic E-state index is 0. The number of piperidine rings is 1. The molecule has 0 radical (unpaired) electrons. The summed E-state index contributed by atoms with van der Waals surface area (Å²) in [7, 11) is 0. The minimum Gasteiger partial charge on any atom is -0.340 e. The molecule has 2 unspecified atom stereocenters. The van der Waals surface area contributed by atoms with Crippen LogP contribution in [0.1, 0.15) is 50.0 Å². The van der Waals surface area contributed by atoms with E-state index in [1.165, 1.54) is 0 Å². The third-order valence-corrected chi connectivity index (χ3v) is 5.16. The first-order valence-corrected chi connectivity index (χ1v) is 9.03. The van der Waals surface area contributed by atoms with Gasteiger partial charge in [0.15, 0.2) is 0 Å². The van der Waals surface area contributed by atoms with Crippen LogP contribution in [0, 0.1) is 18.3 Å². The van der Waals surface area contributed by atoms with Crippen LogP contribution in [-0.2, 0) is 4.79 Å². The molecule has 5 nitrogen and oxygen atoms in total. The van der Waals surface area contributed by atoms with Crippen molar-refractivity contribution < 1.29 is 9.59 Å². The Morgan fingerprint density at radius 2 is 1.81 bits per heavy atom. The Morgan fingerprint density at radius 3 is 2.31 bits per heavy atom. The lowest BCUT2D eigenvalue weighted by Gasteiger charge is -2.44. The van der Waals surface area contributed by atoms with Gasteiger partial charge in [-0.2, -0.15) is 0 Å². The number of carbonyl (C=O) groups excluding carboxylic acids is 2. The predicted octanol–water partition coefficient (Wildman–Crippen LogP) is 2.76. The summed E-state index contributed by atoms with van der Waals surface area (Å²) in [6.07, 6.45) is 0.787. The number of hydrogen-bond donors (Lipinski definition) is 2. The highest BCUT2D eigenvalue weighted by atomic mass is 35.5. The molecule has 0 aliphatic carbocycles. The van der Waals surface area contributed by atoms with Crippen LogP contribution in [0.4, 0.5) is 0 Å². The predicted molar refractivity (Wildman–Crippen MR) is 107 cm³/mol. The Morgan fingerprint density at radius 1 is 1.23 bits per heavy atom. The van der Waals surface area contributed by atoms with Gasteiger partial charge >= 0.3 is 0 Å². The number of halogens is 1. The largest absolute Gasteiger partial charge is 0.340 e. The van der Waals surface area contributed by atoms with Crippen LogP contribution in [-0.4, -0.2) is 41.9 Å². The van der Waals surface area contributed by atoms with Crippen LogP contribution < -0.4 is 11.1 Å². The van der Waals surface area contributed by atoms with Crippen molar-refractivity contribution in [3.63, 3.8) is 0 Å². The number of aryl methyl sites for hydroxylation is 1. The summed E-state index contributed by atoms with van der Waals surface area (Å²) < 4.78 is 0. The molecule has 2 atom stereocenters. The summed E-state index contributed by atoms with van der Waals surface area (Å²) in [5, 5.41) is 2.93. The number of hydrogen-bond acceptors (Lipinski definition) is 3. The maximum atomic E-state index is 13.0. The van der Waals surface area contributed by atoms with E-state index in [0.29, 0.717) is 18.7 Å². The number of nitrogens with one attached hydrogen (secondary N) is 1. The smallest absolute Gasteiger partial charge is 0.251 e. The van der Waals surface area contributed by atoms with Gasteiger partial charge in [0.25, 0.3) is 5.91 Å². The molecular weight excluding hydrogens is 350 g/mol. The molecule has 1 fully saturated rings. The number of nitrogens with two attached hydrogens (primary N) is 1. The van der Waals surface area contributed by atoms with Gasteiger partial charge in [0.2, 0.25) is 5.91 Å². The Balaban J connectivity index is 0.00000338. The molecule has 146 valence electrons. The van der Waals surface area contributed by atoms with Crippen molar-refractivity contribution in [3.8, 4) is 0 Å². The van der Waals surface area contributed by atoms with E-state index >= 15 is 0 Å². The van der Waals surface area contributed by atoms with Crippen LogP contribution in [0.2, 0.25) is 0 Å². The third-order valence-electron chi connectivity index (χ3n) is 5.16. The first-order valence-electron chi connectivity index (χ1n) is 9.03. The highest BCUT2D eigenvalue weighted by molar-refractivity contribution is 5.97. The van der Waals surface area contributed by atoms with E-state index in [4.69, 9.17) is 5.73 Å². The number of rotatable bonds is 4. The summed E-state index contributed by atoms with van der Waals surface area (Å²) in [6, 6.07) is 6.94. The van der Waals surface area contributed by atoms with E-state index in [2.05, 4.69) is 19.2 Å². The maximum absolute atomic E-state index is 13.0. The molecule has 1 heterocycles. The van der Waals surface area contributed by atoms with Crippen LogP contribution in [0.25, 0.3) is 0 Å². The molecule has 0 spiro atoms. The first-order chi connectivity index (χ1) is 11.6. The van der Waals surface area contributed by atoms with Gasteiger partial charge in [-0.25, -0.2) is 0 Å². The summed E-state index contributed by atoms with van der Waals surface area (Å²) in [4.78, 5) is 27.4. The molecule has 0 aromatic heterocycles. The van der Waals surface area contributed by atoms with Crippen LogP contribution in [0.3, 0.4) is 0 Å². The summed E-state index contributed by atoms with van der Waals surface area (Å²) in [5.74, 6) is -0.212. The molecular formula is C20H32ClN3O2. The van der Waals surface area contributed by atoms with Gasteiger partial charge < -0.3 is 16.0 Å². The molecule has 3 N–H and O–H groups in total. The lowest BCUT2D eigenvalue weighted by atomic mass is 9.79. The highest BCUT2D eigenvalue weighted by Crippen LogP contribution is 2.28. The van der Waals surface area contributed by atoms with Gasteiger partial charge in [-0.15, -0.1) is 12.4 Å². The third kappa shape index (κ3) is 5.21. The normalized spacial score (nSPS) is 20.3. The molecule has 6 heteroatoms. The Hall–Kier alpha value is -1.59. The van der Waals surface area contributed by atoms with Gasteiger partial charge in [0.1, 0.15) is 6.04 Å². The molecule has 1 aromatic carbocycles. The Labute approximate surface area is 163 Å². The molecule has 0 saturated carbocycles. The van der Waals surface area contributed by atoms with Crippen molar-refractivity contribution in [2.75, 3.05) is 13.1 Å². The van der Waals surface area contributed by atoms with Crippen molar-refractivity contribution >= 4 is 24.2 Å². The Bertz CT molecular complexity index is 628. The molecule has 26 heavy (non-hydrogen) atoms. The van der Waals surface area contributed by atoms with Crippen molar-refractivity contribution in [3.05, 3.63) is 35.4 Å². The second-order valence-corrected chi connectivity index (χ2v) is 8.20. The fourth-order valence-corrected chi connectivity index (χ4v) is 3.20. The standard InChI is InChI=1S/C20H31N3O2.ClH/c1-13(2)17(22-18(24)15-8-6-14(3)7-9-15)19(25)23-11-10-16(21)20(4,5)12-23;/h6-9,13,16-17H,10-12,21H2,1-5H3,(H,22,24);1H. The van der Waals surface area contributed by atoms with Crippen LogP contribution in [0.15, 0.2) is 24.3 Å². The number of carbonyl (C=O) groups is 2. The van der Waals surface area contributed by atoms with Crippen molar-refractivity contribution in [2.24, 2.45) is 17.1 Å². The zero-order valence-corrected chi connectivity index (χ0v) is 17.2. The number of amides is 2. The second-order valence-electron chi connectivity index (χ2n) is 8.20. The molecule has 1 saturated heterocycles. The number of likely N-dealkylation sites (tertiary alicyclic amines) is 1. The summed E-state index contributed by atoms with van der Waals surface area (Å²) >= 11 is 0. The van der Waals surface area contributed by atoms with E-state index in [9.17, 15) is 9.59 Å². The number of benzene rings is 1. The zero-order valence-electron chi connectivity index (χ0n) is 16.4. The zero-order chi connectivity index (χ0) is 18.8. The maximum Gasteiger partial charge on any atom is 0.251 e. The van der Waals surface area contributed by atoms with E-state index < -0.39 is 6.04 Å². The van der Waals surface area contributed by atoms with Crippen molar-refractivity contribution in [1.29, 1.82) is 0 Å². The van der Waals surface area contributed by atoms with Crippen LogP contribution >= 0.6 is 12.4 Å². The fourth-order valence-electron chi connectivity index (χ4n) is 3.20. The fraction of sp³-hybridized carbons (Fsp3) is 0.600. The minimum atomic E-state index is -0.529. The van der Waals surface area contributed by atoms with E-state index in [1.54, 1.807) is 12.1 Å². The first kappa shape index (κ1) is 22.5. The van der Waals surface area contributed by atoms with Gasteiger partial charge in [0.05, 0.1) is 0 Å². The molecule has 0 bridgehead atoms. The SMILES string of the molecule is Cc1ccc(C(=O)NC(C(=O)N2CCC(N)C(C)(C)C2)C(C)C)cc1.Cl. The second kappa shape index (κ2) is 8.87.